The average molecular weight is 239 g/mol. The van der Waals surface area contributed by atoms with Crippen molar-refractivity contribution in [1.29, 1.82) is 0 Å². The van der Waals surface area contributed by atoms with Gasteiger partial charge in [-0.05, 0) is 18.8 Å². The first-order chi connectivity index (χ1) is 8.27. The van der Waals surface area contributed by atoms with Crippen molar-refractivity contribution in [3.05, 3.63) is 0 Å². The second-order valence-corrected chi connectivity index (χ2v) is 5.47. The maximum absolute atomic E-state index is 12.1. The normalized spacial score (nSPS) is 18.8. The molecule has 0 spiro atoms. The average Bonchev–Trinajstić information content (AvgIpc) is 2.29. The van der Waals surface area contributed by atoms with E-state index in [0.717, 1.165) is 19.4 Å². The minimum atomic E-state index is 0.296. The maximum Gasteiger partial charge on any atom is 0.223 e. The molecule has 0 unspecified atom stereocenters. The van der Waals surface area contributed by atoms with Crippen LogP contribution in [0.15, 0.2) is 0 Å². The number of amides is 1. The summed E-state index contributed by atoms with van der Waals surface area (Å²) in [6.45, 7) is 5.29. The van der Waals surface area contributed by atoms with E-state index in [1.807, 2.05) is 0 Å². The predicted octanol–water partition coefficient (Wildman–Crippen LogP) is 3.90. The van der Waals surface area contributed by atoms with Crippen LogP contribution in [0.1, 0.15) is 71.6 Å². The van der Waals surface area contributed by atoms with Crippen molar-refractivity contribution in [3.8, 4) is 0 Å². The maximum atomic E-state index is 12.1. The Morgan fingerprint density at radius 3 is 2.12 bits per heavy atom. The molecular weight excluding hydrogens is 210 g/mol. The first kappa shape index (κ1) is 14.5. The Balaban J connectivity index is 2.29. The molecule has 1 amide bonds. The van der Waals surface area contributed by atoms with Gasteiger partial charge in [-0.1, -0.05) is 58.8 Å². The molecule has 0 heterocycles. The second kappa shape index (κ2) is 8.54. The van der Waals surface area contributed by atoms with Crippen LogP contribution in [0.5, 0.6) is 0 Å². The zero-order valence-electron chi connectivity index (χ0n) is 11.6. The molecule has 1 rings (SSSR count). The summed E-state index contributed by atoms with van der Waals surface area (Å²) in [6.07, 6.45) is 11.0. The van der Waals surface area contributed by atoms with Crippen LogP contribution in [0.4, 0.5) is 0 Å². The van der Waals surface area contributed by atoms with Gasteiger partial charge in [0.15, 0.2) is 0 Å². The molecule has 2 nitrogen and oxygen atoms in total. The summed E-state index contributed by atoms with van der Waals surface area (Å²) < 4.78 is 0. The summed E-state index contributed by atoms with van der Waals surface area (Å²) in [6, 6.07) is 0. The molecule has 0 aromatic carbocycles. The van der Waals surface area contributed by atoms with Crippen LogP contribution in [0.3, 0.4) is 0 Å². The third-order valence-corrected chi connectivity index (χ3v) is 4.20. The molecule has 2 heteroatoms. The van der Waals surface area contributed by atoms with Crippen molar-refractivity contribution in [1.82, 2.24) is 5.32 Å². The number of carbonyl (C=O) groups excluding carboxylic acids is 1. The fourth-order valence-corrected chi connectivity index (χ4v) is 2.68. The van der Waals surface area contributed by atoms with Crippen LogP contribution in [-0.2, 0) is 4.79 Å². The summed E-state index contributed by atoms with van der Waals surface area (Å²) >= 11 is 0. The van der Waals surface area contributed by atoms with E-state index in [1.165, 1.54) is 44.9 Å². The largest absolute Gasteiger partial charge is 0.356 e. The topological polar surface area (TPSA) is 29.1 Å². The predicted molar refractivity (Wildman–Crippen MR) is 72.9 cm³/mol. The van der Waals surface area contributed by atoms with Crippen molar-refractivity contribution >= 4 is 5.91 Å². The molecule has 1 saturated carbocycles. The molecule has 0 bridgehead atoms. The van der Waals surface area contributed by atoms with Crippen molar-refractivity contribution in [2.24, 2.45) is 11.8 Å². The lowest BCUT2D eigenvalue weighted by Gasteiger charge is -2.20. The molecule has 1 aliphatic carbocycles. The number of hydrogen-bond acceptors (Lipinski definition) is 1. The van der Waals surface area contributed by atoms with Crippen LogP contribution < -0.4 is 5.32 Å². The first-order valence-electron chi connectivity index (χ1n) is 7.55. The van der Waals surface area contributed by atoms with Gasteiger partial charge in [-0.3, -0.25) is 4.79 Å². The fraction of sp³-hybridized carbons (Fsp3) is 0.933. The molecule has 1 N–H and O–H groups in total. The Kier molecular flexibility index (Phi) is 7.30. The molecule has 1 fully saturated rings. The van der Waals surface area contributed by atoms with E-state index in [1.54, 1.807) is 0 Å². The van der Waals surface area contributed by atoms with Crippen molar-refractivity contribution in [3.63, 3.8) is 0 Å². The first-order valence-corrected chi connectivity index (χ1v) is 7.55. The lowest BCUT2D eigenvalue weighted by molar-refractivity contribution is -0.125. The zero-order chi connectivity index (χ0) is 12.5. The van der Waals surface area contributed by atoms with Gasteiger partial charge >= 0.3 is 0 Å². The van der Waals surface area contributed by atoms with Gasteiger partial charge < -0.3 is 5.32 Å². The molecular formula is C15H29NO. The highest BCUT2D eigenvalue weighted by molar-refractivity contribution is 5.78. The van der Waals surface area contributed by atoms with Gasteiger partial charge in [0.1, 0.15) is 0 Å². The van der Waals surface area contributed by atoms with Gasteiger partial charge in [0.2, 0.25) is 5.91 Å². The molecule has 100 valence electrons. The van der Waals surface area contributed by atoms with Crippen molar-refractivity contribution in [2.75, 3.05) is 6.54 Å². The van der Waals surface area contributed by atoms with Crippen LogP contribution in [-0.4, -0.2) is 12.5 Å². The molecule has 0 saturated heterocycles. The minimum absolute atomic E-state index is 0.296. The van der Waals surface area contributed by atoms with E-state index in [2.05, 4.69) is 19.2 Å². The molecule has 0 aromatic heterocycles. The van der Waals surface area contributed by atoms with Crippen molar-refractivity contribution in [2.45, 2.75) is 71.6 Å². The van der Waals surface area contributed by atoms with E-state index in [9.17, 15) is 4.79 Å². The Labute approximate surface area is 107 Å². The van der Waals surface area contributed by atoms with Crippen LogP contribution in [0, 0.1) is 11.8 Å². The van der Waals surface area contributed by atoms with E-state index < -0.39 is 0 Å². The van der Waals surface area contributed by atoms with E-state index in [4.69, 9.17) is 0 Å². The van der Waals surface area contributed by atoms with Gasteiger partial charge in [0, 0.05) is 12.5 Å². The van der Waals surface area contributed by atoms with E-state index >= 15 is 0 Å². The molecule has 0 atom stereocenters. The Morgan fingerprint density at radius 1 is 1.06 bits per heavy atom. The third kappa shape index (κ3) is 5.56. The van der Waals surface area contributed by atoms with E-state index in [-0.39, 0.29) is 0 Å². The van der Waals surface area contributed by atoms with Gasteiger partial charge in [-0.15, -0.1) is 0 Å². The number of carbonyl (C=O) groups is 1. The Hall–Kier alpha value is -0.530. The molecule has 0 aromatic rings. The van der Waals surface area contributed by atoms with Crippen molar-refractivity contribution < 1.29 is 4.79 Å². The summed E-state index contributed by atoms with van der Waals surface area (Å²) in [5.41, 5.74) is 0. The highest BCUT2D eigenvalue weighted by atomic mass is 16.1. The molecule has 1 aliphatic rings. The second-order valence-electron chi connectivity index (χ2n) is 5.47. The third-order valence-electron chi connectivity index (χ3n) is 4.20. The lowest BCUT2D eigenvalue weighted by atomic mass is 9.90. The Bertz CT molecular complexity index is 203. The highest BCUT2D eigenvalue weighted by Gasteiger charge is 2.19. The number of nitrogens with one attached hydrogen (secondary N) is 1. The van der Waals surface area contributed by atoms with Crippen LogP contribution >= 0.6 is 0 Å². The monoisotopic (exact) mass is 239 g/mol. The molecule has 0 radical (unpaired) electrons. The number of rotatable bonds is 5. The minimum Gasteiger partial charge on any atom is -0.356 e. The summed E-state index contributed by atoms with van der Waals surface area (Å²) in [5.74, 6) is 1.27. The SMILES string of the molecule is CCC(CC)CNC(=O)C1CCCCCCC1. The number of hydrogen-bond donors (Lipinski definition) is 1. The zero-order valence-corrected chi connectivity index (χ0v) is 11.6. The van der Waals surface area contributed by atoms with Gasteiger partial charge in [0.25, 0.3) is 0 Å². The fourth-order valence-electron chi connectivity index (χ4n) is 2.68. The quantitative estimate of drug-likeness (QED) is 0.774. The lowest BCUT2D eigenvalue weighted by Crippen LogP contribution is -2.34. The van der Waals surface area contributed by atoms with E-state index in [0.29, 0.717) is 17.7 Å². The summed E-state index contributed by atoms with van der Waals surface area (Å²) in [5, 5.41) is 3.16. The van der Waals surface area contributed by atoms with Crippen LogP contribution in [0.25, 0.3) is 0 Å². The van der Waals surface area contributed by atoms with Gasteiger partial charge in [0.05, 0.1) is 0 Å². The molecule has 17 heavy (non-hydrogen) atoms. The summed E-state index contributed by atoms with van der Waals surface area (Å²) in [7, 11) is 0. The Morgan fingerprint density at radius 2 is 1.59 bits per heavy atom. The van der Waals surface area contributed by atoms with Gasteiger partial charge in [-0.25, -0.2) is 0 Å². The smallest absolute Gasteiger partial charge is 0.223 e. The standard InChI is InChI=1S/C15H29NO/c1-3-13(4-2)12-16-15(17)14-10-8-6-5-7-9-11-14/h13-14H,3-12H2,1-2H3,(H,16,17). The summed E-state index contributed by atoms with van der Waals surface area (Å²) in [4.78, 5) is 12.1. The van der Waals surface area contributed by atoms with Crippen LogP contribution in [0.2, 0.25) is 0 Å². The molecule has 0 aliphatic heterocycles. The highest BCUT2D eigenvalue weighted by Crippen LogP contribution is 2.22. The van der Waals surface area contributed by atoms with Gasteiger partial charge in [-0.2, -0.15) is 0 Å².